The maximum Gasteiger partial charge on any atom is 0.169 e. The van der Waals surface area contributed by atoms with Crippen LogP contribution < -0.4 is 0 Å². The number of rotatable bonds is 4. The molecule has 0 saturated carbocycles. The van der Waals surface area contributed by atoms with Crippen molar-refractivity contribution in [1.29, 1.82) is 0 Å². The average molecular weight is 374 g/mol. The molecule has 134 valence electrons. The Labute approximate surface area is 161 Å². The number of hydrogen-bond acceptors (Lipinski definition) is 6. The van der Waals surface area contributed by atoms with Crippen molar-refractivity contribution in [3.63, 3.8) is 0 Å². The molecule has 0 atom stereocenters. The van der Waals surface area contributed by atoms with E-state index in [-0.39, 0.29) is 0 Å². The van der Waals surface area contributed by atoms with E-state index in [4.69, 9.17) is 9.51 Å². The lowest BCUT2D eigenvalue weighted by Crippen LogP contribution is -2.31. The van der Waals surface area contributed by atoms with Gasteiger partial charge in [0.15, 0.2) is 11.6 Å². The van der Waals surface area contributed by atoms with Crippen LogP contribution in [0.25, 0.3) is 22.0 Å². The Morgan fingerprint density at radius 2 is 2.04 bits per heavy atom. The molecule has 6 heteroatoms. The predicted molar refractivity (Wildman–Crippen MR) is 105 cm³/mol. The Morgan fingerprint density at radius 3 is 2.89 bits per heavy atom. The Kier molecular flexibility index (Phi) is 4.27. The first kappa shape index (κ1) is 16.4. The first-order valence-electron chi connectivity index (χ1n) is 8.97. The van der Waals surface area contributed by atoms with Crippen LogP contribution in [0.1, 0.15) is 17.0 Å². The Bertz CT molecular complexity index is 1040. The first-order valence-corrected chi connectivity index (χ1v) is 9.85. The molecule has 0 amide bonds. The van der Waals surface area contributed by atoms with E-state index in [9.17, 15) is 0 Å². The molecule has 5 nitrogen and oxygen atoms in total. The largest absolute Gasteiger partial charge is 0.356 e. The third-order valence-electron chi connectivity index (χ3n) is 4.77. The Morgan fingerprint density at radius 1 is 1.11 bits per heavy atom. The number of hydrogen-bond donors (Lipinski definition) is 0. The van der Waals surface area contributed by atoms with E-state index in [2.05, 4.69) is 26.5 Å². The van der Waals surface area contributed by atoms with Gasteiger partial charge in [0.25, 0.3) is 0 Å². The van der Waals surface area contributed by atoms with E-state index in [0.29, 0.717) is 0 Å². The van der Waals surface area contributed by atoms with Gasteiger partial charge in [0.1, 0.15) is 0 Å². The van der Waals surface area contributed by atoms with Crippen molar-refractivity contribution in [2.45, 2.75) is 19.5 Å². The summed E-state index contributed by atoms with van der Waals surface area (Å²) in [7, 11) is 0. The zero-order valence-electron chi connectivity index (χ0n) is 14.7. The van der Waals surface area contributed by atoms with Crippen LogP contribution in [0, 0.1) is 0 Å². The maximum atomic E-state index is 5.53. The maximum absolute atomic E-state index is 5.53. The van der Waals surface area contributed by atoms with Gasteiger partial charge in [-0.25, -0.2) is 9.97 Å². The van der Waals surface area contributed by atoms with Crippen LogP contribution in [0.15, 0.2) is 64.6 Å². The summed E-state index contributed by atoms with van der Waals surface area (Å²) in [5, 5.41) is 6.31. The van der Waals surface area contributed by atoms with E-state index < -0.39 is 0 Å². The minimum absolute atomic E-state index is 0.758. The molecule has 0 aliphatic carbocycles. The second-order valence-electron chi connectivity index (χ2n) is 6.65. The fourth-order valence-electron chi connectivity index (χ4n) is 3.37. The summed E-state index contributed by atoms with van der Waals surface area (Å²) in [6, 6.07) is 16.2. The van der Waals surface area contributed by atoms with Crippen LogP contribution >= 0.6 is 11.3 Å². The topological polar surface area (TPSA) is 55.1 Å². The molecule has 27 heavy (non-hydrogen) atoms. The van der Waals surface area contributed by atoms with Gasteiger partial charge in [0.05, 0.1) is 16.3 Å². The molecule has 0 radical (unpaired) electrons. The third-order valence-corrected chi connectivity index (χ3v) is 5.64. The average Bonchev–Trinajstić information content (AvgIpc) is 3.40. The van der Waals surface area contributed by atoms with Gasteiger partial charge < -0.3 is 4.52 Å². The normalized spacial score (nSPS) is 14.2. The molecular weight excluding hydrogens is 356 g/mol. The van der Waals surface area contributed by atoms with Gasteiger partial charge in [-0.2, -0.15) is 0 Å². The van der Waals surface area contributed by atoms with Crippen LogP contribution in [0.3, 0.4) is 0 Å². The molecule has 4 heterocycles. The fraction of sp³-hybridized carbons (Fsp3) is 0.190. The van der Waals surface area contributed by atoms with Crippen molar-refractivity contribution >= 4 is 11.3 Å². The summed E-state index contributed by atoms with van der Waals surface area (Å²) in [6.07, 6.45) is 2.95. The molecule has 5 rings (SSSR count). The molecular formula is C21H18N4OS. The highest BCUT2D eigenvalue weighted by Crippen LogP contribution is 2.25. The van der Waals surface area contributed by atoms with E-state index in [1.165, 1.54) is 5.56 Å². The highest BCUT2D eigenvalue weighted by molar-refractivity contribution is 7.13. The Balaban J connectivity index is 1.32. The van der Waals surface area contributed by atoms with Gasteiger partial charge in [0.2, 0.25) is 0 Å². The summed E-state index contributed by atoms with van der Waals surface area (Å²) < 4.78 is 5.53. The summed E-state index contributed by atoms with van der Waals surface area (Å²) in [6.45, 7) is 2.54. The number of benzene rings is 1. The minimum Gasteiger partial charge on any atom is -0.356 e. The van der Waals surface area contributed by atoms with Crippen molar-refractivity contribution in [2.75, 3.05) is 6.54 Å². The van der Waals surface area contributed by atoms with Crippen molar-refractivity contribution < 1.29 is 4.52 Å². The van der Waals surface area contributed by atoms with Crippen molar-refractivity contribution in [2.24, 2.45) is 0 Å². The molecule has 1 aliphatic heterocycles. The number of aromatic nitrogens is 3. The summed E-state index contributed by atoms with van der Waals surface area (Å²) in [4.78, 5) is 12.8. The van der Waals surface area contributed by atoms with Crippen LogP contribution in [-0.4, -0.2) is 26.6 Å². The van der Waals surface area contributed by atoms with E-state index in [1.54, 1.807) is 11.3 Å². The fourth-order valence-corrected chi connectivity index (χ4v) is 4.04. The lowest BCUT2D eigenvalue weighted by atomic mass is 10.1. The van der Waals surface area contributed by atoms with Crippen LogP contribution in [0.2, 0.25) is 0 Å². The molecule has 0 bridgehead atoms. The molecule has 3 aromatic heterocycles. The summed E-state index contributed by atoms with van der Waals surface area (Å²) >= 11 is 1.67. The number of thiophene rings is 1. The molecule has 1 aliphatic rings. The standard InChI is InChI=1S/C21H18N4OS/c1-2-5-15(6-3-1)19-11-17(24-26-19)13-25-9-8-16-12-22-21(23-18(16)14-25)20-7-4-10-27-20/h1-7,10-12H,8-9,13-14H2. The van der Waals surface area contributed by atoms with Crippen LogP contribution in [0.5, 0.6) is 0 Å². The molecule has 1 aromatic carbocycles. The SMILES string of the molecule is c1ccc(-c2cc(CN3CCc4cnc(-c5cccs5)nc4C3)no2)cc1. The first-order chi connectivity index (χ1) is 13.3. The quantitative estimate of drug-likeness (QED) is 0.529. The van der Waals surface area contributed by atoms with E-state index >= 15 is 0 Å². The molecule has 0 fully saturated rings. The lowest BCUT2D eigenvalue weighted by Gasteiger charge is -2.27. The smallest absolute Gasteiger partial charge is 0.169 e. The van der Waals surface area contributed by atoms with Crippen molar-refractivity contribution in [1.82, 2.24) is 20.0 Å². The van der Waals surface area contributed by atoms with Crippen LogP contribution in [0.4, 0.5) is 0 Å². The highest BCUT2D eigenvalue weighted by atomic mass is 32.1. The molecule has 4 aromatic rings. The van der Waals surface area contributed by atoms with Crippen LogP contribution in [-0.2, 0) is 19.5 Å². The molecule has 0 spiro atoms. The van der Waals surface area contributed by atoms with E-state index in [0.717, 1.165) is 59.5 Å². The van der Waals surface area contributed by atoms with E-state index in [1.807, 2.05) is 48.7 Å². The minimum atomic E-state index is 0.758. The van der Waals surface area contributed by atoms with Gasteiger partial charge in [0, 0.05) is 37.5 Å². The van der Waals surface area contributed by atoms with Gasteiger partial charge in [-0.05, 0) is 23.4 Å². The monoisotopic (exact) mass is 374 g/mol. The van der Waals surface area contributed by atoms with Crippen molar-refractivity contribution in [3.05, 3.63) is 77.1 Å². The lowest BCUT2D eigenvalue weighted by molar-refractivity contribution is 0.234. The third kappa shape index (κ3) is 3.41. The molecule has 0 saturated heterocycles. The van der Waals surface area contributed by atoms with Gasteiger partial charge in [-0.15, -0.1) is 11.3 Å². The second-order valence-corrected chi connectivity index (χ2v) is 7.60. The second kappa shape index (κ2) is 7.06. The highest BCUT2D eigenvalue weighted by Gasteiger charge is 2.20. The molecule has 0 unspecified atom stereocenters. The number of fused-ring (bicyclic) bond motifs is 1. The van der Waals surface area contributed by atoms with Gasteiger partial charge >= 0.3 is 0 Å². The zero-order valence-corrected chi connectivity index (χ0v) is 15.5. The van der Waals surface area contributed by atoms with Crippen molar-refractivity contribution in [3.8, 4) is 22.0 Å². The Hall–Kier alpha value is -2.83. The van der Waals surface area contributed by atoms with Gasteiger partial charge in [-0.1, -0.05) is 41.6 Å². The number of nitrogens with zero attached hydrogens (tertiary/aromatic N) is 4. The summed E-state index contributed by atoms with van der Waals surface area (Å²) in [5.41, 5.74) is 4.36. The molecule has 0 N–H and O–H groups in total. The predicted octanol–water partition coefficient (Wildman–Crippen LogP) is 4.42. The summed E-state index contributed by atoms with van der Waals surface area (Å²) in [5.74, 6) is 1.63. The zero-order chi connectivity index (χ0) is 18.1. The van der Waals surface area contributed by atoms with Gasteiger partial charge in [-0.3, -0.25) is 4.90 Å².